The fourth-order valence-electron chi connectivity index (χ4n) is 1.89. The Morgan fingerprint density at radius 2 is 2.06 bits per heavy atom. The quantitative estimate of drug-likeness (QED) is 0.820. The van der Waals surface area contributed by atoms with E-state index in [0.29, 0.717) is 24.4 Å². The van der Waals surface area contributed by atoms with Crippen molar-refractivity contribution in [3.05, 3.63) is 0 Å². The highest BCUT2D eigenvalue weighted by molar-refractivity contribution is 8.00. The Morgan fingerprint density at radius 1 is 1.41 bits per heavy atom. The van der Waals surface area contributed by atoms with Gasteiger partial charge in [0.05, 0.1) is 5.75 Å². The van der Waals surface area contributed by atoms with E-state index in [-0.39, 0.29) is 11.8 Å². The van der Waals surface area contributed by atoms with E-state index in [1.165, 1.54) is 0 Å². The van der Waals surface area contributed by atoms with Crippen LogP contribution in [0.15, 0.2) is 0 Å². The van der Waals surface area contributed by atoms with Gasteiger partial charge in [0.1, 0.15) is 0 Å². The molecule has 0 aromatic heterocycles. The normalized spacial score (nSPS) is 27.6. The number of hydrogen-bond acceptors (Lipinski definition) is 4. The Morgan fingerprint density at radius 3 is 2.65 bits per heavy atom. The molecule has 1 rings (SSSR count). The number of nitrogens with zero attached hydrogens (tertiary/aromatic N) is 1. The number of sulfonamides is 1. The van der Waals surface area contributed by atoms with Crippen LogP contribution in [0.2, 0.25) is 0 Å². The summed E-state index contributed by atoms with van der Waals surface area (Å²) in [5.41, 5.74) is 0. The third kappa shape index (κ3) is 4.43. The van der Waals surface area contributed by atoms with E-state index in [9.17, 15) is 8.42 Å². The lowest BCUT2D eigenvalue weighted by atomic mass is 10.2. The molecule has 1 fully saturated rings. The van der Waals surface area contributed by atoms with E-state index in [1.54, 1.807) is 4.31 Å². The Kier molecular flexibility index (Phi) is 5.76. The van der Waals surface area contributed by atoms with Gasteiger partial charge in [-0.05, 0) is 6.92 Å². The zero-order valence-corrected chi connectivity index (χ0v) is 12.8. The first kappa shape index (κ1) is 15.3. The van der Waals surface area contributed by atoms with Crippen molar-refractivity contribution in [2.45, 2.75) is 45.0 Å². The second-order valence-corrected chi connectivity index (χ2v) is 8.38. The molecule has 0 spiro atoms. The van der Waals surface area contributed by atoms with Crippen molar-refractivity contribution in [2.24, 2.45) is 0 Å². The van der Waals surface area contributed by atoms with Gasteiger partial charge in [0.25, 0.3) is 0 Å². The summed E-state index contributed by atoms with van der Waals surface area (Å²) in [6.07, 6.45) is 0. The van der Waals surface area contributed by atoms with Gasteiger partial charge in [-0.1, -0.05) is 20.8 Å². The molecule has 0 bridgehead atoms. The SMILES string of the molecule is CC(C)NCCS(=O)(=O)N1CCSC(C)C1C. The van der Waals surface area contributed by atoms with Crippen LogP contribution in [0.3, 0.4) is 0 Å². The van der Waals surface area contributed by atoms with Crippen LogP contribution in [0.4, 0.5) is 0 Å². The molecule has 1 N–H and O–H groups in total. The van der Waals surface area contributed by atoms with Gasteiger partial charge in [-0.25, -0.2) is 8.42 Å². The lowest BCUT2D eigenvalue weighted by Gasteiger charge is -2.36. The number of nitrogens with one attached hydrogen (secondary N) is 1. The van der Waals surface area contributed by atoms with Crippen LogP contribution >= 0.6 is 11.8 Å². The summed E-state index contributed by atoms with van der Waals surface area (Å²) in [6, 6.07) is 0.441. The second kappa shape index (κ2) is 6.41. The summed E-state index contributed by atoms with van der Waals surface area (Å²) < 4.78 is 26.1. The van der Waals surface area contributed by atoms with E-state index < -0.39 is 10.0 Å². The molecule has 0 saturated carbocycles. The Labute approximate surface area is 110 Å². The van der Waals surface area contributed by atoms with Crippen LogP contribution < -0.4 is 5.32 Å². The van der Waals surface area contributed by atoms with Crippen molar-refractivity contribution in [2.75, 3.05) is 24.6 Å². The van der Waals surface area contributed by atoms with Crippen molar-refractivity contribution >= 4 is 21.8 Å². The van der Waals surface area contributed by atoms with Gasteiger partial charge >= 0.3 is 0 Å². The van der Waals surface area contributed by atoms with E-state index >= 15 is 0 Å². The number of rotatable bonds is 5. The standard InChI is InChI=1S/C11H24N2O2S2/c1-9(2)12-5-8-17(14,15)13-6-7-16-11(4)10(13)3/h9-12H,5-8H2,1-4H3. The van der Waals surface area contributed by atoms with Gasteiger partial charge in [0.2, 0.25) is 10.0 Å². The molecule has 0 aromatic carbocycles. The van der Waals surface area contributed by atoms with Crippen LogP contribution in [-0.4, -0.2) is 54.7 Å². The maximum absolute atomic E-state index is 12.2. The molecule has 0 radical (unpaired) electrons. The topological polar surface area (TPSA) is 49.4 Å². The molecule has 1 saturated heterocycles. The van der Waals surface area contributed by atoms with Crippen LogP contribution in [0.1, 0.15) is 27.7 Å². The second-order valence-electron chi connectivity index (χ2n) is 4.85. The maximum atomic E-state index is 12.2. The minimum Gasteiger partial charge on any atom is -0.313 e. The zero-order chi connectivity index (χ0) is 13.1. The molecule has 0 aromatic rings. The van der Waals surface area contributed by atoms with Crippen LogP contribution in [0, 0.1) is 0 Å². The molecule has 2 unspecified atom stereocenters. The average molecular weight is 280 g/mol. The molecular formula is C11H24N2O2S2. The molecular weight excluding hydrogens is 256 g/mol. The average Bonchev–Trinajstić information content (AvgIpc) is 2.21. The highest BCUT2D eigenvalue weighted by Gasteiger charge is 2.33. The van der Waals surface area contributed by atoms with Gasteiger partial charge < -0.3 is 5.32 Å². The molecule has 1 heterocycles. The maximum Gasteiger partial charge on any atom is 0.215 e. The van der Waals surface area contributed by atoms with Gasteiger partial charge in [-0.2, -0.15) is 16.1 Å². The summed E-state index contributed by atoms with van der Waals surface area (Å²) >= 11 is 1.85. The lowest BCUT2D eigenvalue weighted by Crippen LogP contribution is -2.49. The smallest absolute Gasteiger partial charge is 0.215 e. The molecule has 0 amide bonds. The minimum atomic E-state index is -3.10. The van der Waals surface area contributed by atoms with Crippen molar-refractivity contribution in [1.29, 1.82) is 0 Å². The van der Waals surface area contributed by atoms with Crippen LogP contribution in [-0.2, 0) is 10.0 Å². The fraction of sp³-hybridized carbons (Fsp3) is 1.00. The van der Waals surface area contributed by atoms with Crippen molar-refractivity contribution in [3.8, 4) is 0 Å². The first-order chi connectivity index (χ1) is 7.84. The van der Waals surface area contributed by atoms with Gasteiger partial charge in [-0.3, -0.25) is 0 Å². The summed E-state index contributed by atoms with van der Waals surface area (Å²) in [4.78, 5) is 0. The molecule has 6 heteroatoms. The predicted octanol–water partition coefficient (Wildman–Crippen LogP) is 1.14. The van der Waals surface area contributed by atoms with E-state index in [2.05, 4.69) is 12.2 Å². The molecule has 17 heavy (non-hydrogen) atoms. The monoisotopic (exact) mass is 280 g/mol. The Bertz CT molecular complexity index is 330. The van der Waals surface area contributed by atoms with E-state index in [0.717, 1.165) is 5.75 Å². The largest absolute Gasteiger partial charge is 0.313 e. The predicted molar refractivity (Wildman–Crippen MR) is 75.0 cm³/mol. The Balaban J connectivity index is 2.56. The molecule has 4 nitrogen and oxygen atoms in total. The van der Waals surface area contributed by atoms with Gasteiger partial charge in [-0.15, -0.1) is 0 Å². The van der Waals surface area contributed by atoms with Crippen LogP contribution in [0.25, 0.3) is 0 Å². The van der Waals surface area contributed by atoms with Crippen molar-refractivity contribution in [3.63, 3.8) is 0 Å². The molecule has 1 aliphatic rings. The molecule has 102 valence electrons. The third-order valence-electron chi connectivity index (χ3n) is 3.10. The Hall–Kier alpha value is 0.220. The highest BCUT2D eigenvalue weighted by Crippen LogP contribution is 2.26. The number of hydrogen-bond donors (Lipinski definition) is 1. The molecule has 0 aliphatic carbocycles. The summed E-state index contributed by atoms with van der Waals surface area (Å²) in [7, 11) is -3.10. The minimum absolute atomic E-state index is 0.109. The van der Waals surface area contributed by atoms with Crippen LogP contribution in [0.5, 0.6) is 0 Å². The summed E-state index contributed by atoms with van der Waals surface area (Å²) in [5.74, 6) is 1.11. The first-order valence-corrected chi connectivity index (χ1v) is 8.85. The number of thioether (sulfide) groups is 1. The first-order valence-electron chi connectivity index (χ1n) is 6.19. The van der Waals surface area contributed by atoms with Crippen molar-refractivity contribution < 1.29 is 8.42 Å². The van der Waals surface area contributed by atoms with E-state index in [4.69, 9.17) is 0 Å². The van der Waals surface area contributed by atoms with Crippen molar-refractivity contribution in [1.82, 2.24) is 9.62 Å². The molecule has 1 aliphatic heterocycles. The molecule has 2 atom stereocenters. The van der Waals surface area contributed by atoms with E-state index in [1.807, 2.05) is 32.5 Å². The summed E-state index contributed by atoms with van der Waals surface area (Å²) in [5, 5.41) is 3.54. The van der Waals surface area contributed by atoms with Gasteiger partial charge in [0, 0.05) is 36.2 Å². The third-order valence-corrected chi connectivity index (χ3v) is 6.38. The summed E-state index contributed by atoms with van der Waals surface area (Å²) in [6.45, 7) is 9.34. The fourth-order valence-corrected chi connectivity index (χ4v) is 4.85. The lowest BCUT2D eigenvalue weighted by molar-refractivity contribution is 0.340. The zero-order valence-electron chi connectivity index (χ0n) is 11.1. The highest BCUT2D eigenvalue weighted by atomic mass is 32.2. The van der Waals surface area contributed by atoms with Gasteiger partial charge in [0.15, 0.2) is 0 Å².